The van der Waals surface area contributed by atoms with Crippen molar-refractivity contribution in [3.63, 3.8) is 0 Å². The molecule has 0 fully saturated rings. The molecule has 15 rings (SSSR count). The molecule has 8 nitrogen and oxygen atoms in total. The zero-order valence-corrected chi connectivity index (χ0v) is 38.3. The van der Waals surface area contributed by atoms with E-state index in [0.29, 0.717) is 23.0 Å². The summed E-state index contributed by atoms with van der Waals surface area (Å²) in [6, 6.07) is 77.0. The Labute approximate surface area is 410 Å². The smallest absolute Gasteiger partial charge is 0.164 e. The zero-order valence-electron chi connectivity index (χ0n) is 38.3. The lowest BCUT2D eigenvalue weighted by Crippen LogP contribution is -2.07. The Bertz CT molecular complexity index is 4710. The van der Waals surface area contributed by atoms with E-state index in [-0.39, 0.29) is 0 Å². The van der Waals surface area contributed by atoms with Crippen LogP contribution in [0.15, 0.2) is 227 Å². The molecular formula is C64H36N6O2. The molecule has 10 aromatic carbocycles. The number of aromatic nitrogens is 5. The topological polar surface area (TPSA) is 98.6 Å². The van der Waals surface area contributed by atoms with E-state index in [1.54, 1.807) is 0 Å². The van der Waals surface area contributed by atoms with Gasteiger partial charge in [-0.15, -0.1) is 0 Å². The number of rotatable bonds is 6. The lowest BCUT2D eigenvalue weighted by molar-refractivity contribution is 0.672. The average molecular weight is 921 g/mol. The second-order valence-corrected chi connectivity index (χ2v) is 18.1. The fourth-order valence-electron chi connectivity index (χ4n) is 11.2. The molecule has 15 aromatic rings. The summed E-state index contributed by atoms with van der Waals surface area (Å²) in [5, 5.41) is 19.8. The van der Waals surface area contributed by atoms with Gasteiger partial charge in [0, 0.05) is 60.1 Å². The Morgan fingerprint density at radius 1 is 0.347 bits per heavy atom. The van der Waals surface area contributed by atoms with Gasteiger partial charge < -0.3 is 18.0 Å². The van der Waals surface area contributed by atoms with Crippen LogP contribution in [-0.2, 0) is 0 Å². The first-order valence-corrected chi connectivity index (χ1v) is 23.9. The van der Waals surface area contributed by atoms with E-state index in [1.165, 1.54) is 0 Å². The third kappa shape index (κ3) is 5.76. The molecule has 334 valence electrons. The number of para-hydroxylation sites is 4. The highest BCUT2D eigenvalue weighted by atomic mass is 16.3. The molecule has 0 atom stereocenters. The first kappa shape index (κ1) is 39.9. The van der Waals surface area contributed by atoms with Crippen molar-refractivity contribution in [2.75, 3.05) is 0 Å². The highest BCUT2D eigenvalue weighted by Gasteiger charge is 2.28. The Morgan fingerprint density at radius 3 is 1.32 bits per heavy atom. The van der Waals surface area contributed by atoms with Crippen molar-refractivity contribution in [2.24, 2.45) is 0 Å². The highest BCUT2D eigenvalue weighted by molar-refractivity contribution is 6.25. The predicted molar refractivity (Wildman–Crippen MR) is 290 cm³/mol. The molecule has 0 amide bonds. The van der Waals surface area contributed by atoms with Gasteiger partial charge >= 0.3 is 0 Å². The number of nitriles is 1. The van der Waals surface area contributed by atoms with Crippen LogP contribution in [0.5, 0.6) is 0 Å². The van der Waals surface area contributed by atoms with Crippen molar-refractivity contribution in [2.45, 2.75) is 0 Å². The zero-order chi connectivity index (χ0) is 47.4. The van der Waals surface area contributed by atoms with E-state index in [1.807, 2.05) is 103 Å². The van der Waals surface area contributed by atoms with Crippen LogP contribution in [0.3, 0.4) is 0 Å². The molecule has 72 heavy (non-hydrogen) atoms. The third-order valence-electron chi connectivity index (χ3n) is 14.2. The van der Waals surface area contributed by atoms with Crippen LogP contribution in [0.2, 0.25) is 0 Å². The summed E-state index contributed by atoms with van der Waals surface area (Å²) < 4.78 is 18.1. The third-order valence-corrected chi connectivity index (χ3v) is 14.2. The van der Waals surface area contributed by atoms with E-state index in [2.05, 4.69) is 130 Å². The van der Waals surface area contributed by atoms with Gasteiger partial charge in [0.25, 0.3) is 0 Å². The Morgan fingerprint density at radius 2 is 0.792 bits per heavy atom. The van der Waals surface area contributed by atoms with Crippen LogP contribution in [0.4, 0.5) is 0 Å². The van der Waals surface area contributed by atoms with Gasteiger partial charge in [0.2, 0.25) is 0 Å². The first-order chi connectivity index (χ1) is 35.7. The quantitative estimate of drug-likeness (QED) is 0.165. The Hall–Kier alpha value is -10.1. The van der Waals surface area contributed by atoms with Crippen LogP contribution < -0.4 is 0 Å². The van der Waals surface area contributed by atoms with Gasteiger partial charge in [-0.1, -0.05) is 152 Å². The second-order valence-electron chi connectivity index (χ2n) is 18.1. The van der Waals surface area contributed by atoms with E-state index in [9.17, 15) is 5.26 Å². The van der Waals surface area contributed by atoms with Crippen LogP contribution in [-0.4, -0.2) is 24.1 Å². The van der Waals surface area contributed by atoms with E-state index < -0.39 is 0 Å². The minimum atomic E-state index is 0.463. The molecule has 0 unspecified atom stereocenters. The summed E-state index contributed by atoms with van der Waals surface area (Å²) in [5.74, 6) is 1.53. The molecule has 8 heteroatoms. The molecule has 0 aliphatic carbocycles. The van der Waals surface area contributed by atoms with Crippen molar-refractivity contribution in [1.29, 1.82) is 5.26 Å². The van der Waals surface area contributed by atoms with Crippen LogP contribution >= 0.6 is 0 Å². The molecule has 5 aromatic heterocycles. The predicted octanol–water partition coefficient (Wildman–Crippen LogP) is 16.4. The van der Waals surface area contributed by atoms with Crippen LogP contribution in [0, 0.1) is 11.3 Å². The van der Waals surface area contributed by atoms with Gasteiger partial charge in [-0.2, -0.15) is 5.26 Å². The second kappa shape index (κ2) is 15.5. The van der Waals surface area contributed by atoms with Crippen molar-refractivity contribution >= 4 is 87.5 Å². The van der Waals surface area contributed by atoms with Gasteiger partial charge in [0.15, 0.2) is 17.5 Å². The van der Waals surface area contributed by atoms with Crippen molar-refractivity contribution in [3.8, 4) is 62.7 Å². The monoisotopic (exact) mass is 920 g/mol. The van der Waals surface area contributed by atoms with E-state index in [0.717, 1.165) is 127 Å². The van der Waals surface area contributed by atoms with Gasteiger partial charge in [-0.25, -0.2) is 15.0 Å². The van der Waals surface area contributed by atoms with Gasteiger partial charge in [0.05, 0.1) is 55.8 Å². The van der Waals surface area contributed by atoms with Gasteiger partial charge in [-0.05, 0) is 66.7 Å². The van der Waals surface area contributed by atoms with Crippen LogP contribution in [0.25, 0.3) is 144 Å². The average Bonchev–Trinajstić information content (AvgIpc) is 4.21. The van der Waals surface area contributed by atoms with Crippen molar-refractivity contribution in [3.05, 3.63) is 224 Å². The maximum absolute atomic E-state index is 11.5. The molecule has 0 spiro atoms. The number of nitrogens with zero attached hydrogens (tertiary/aromatic N) is 6. The summed E-state index contributed by atoms with van der Waals surface area (Å²) in [5.41, 5.74) is 13.2. The summed E-state index contributed by atoms with van der Waals surface area (Å²) in [6.07, 6.45) is 0. The summed E-state index contributed by atoms with van der Waals surface area (Å²) in [6.45, 7) is 0. The van der Waals surface area contributed by atoms with E-state index in [4.69, 9.17) is 23.8 Å². The maximum atomic E-state index is 11.5. The lowest BCUT2D eigenvalue weighted by atomic mass is 9.91. The summed E-state index contributed by atoms with van der Waals surface area (Å²) >= 11 is 0. The normalized spacial score (nSPS) is 11.9. The molecule has 0 saturated heterocycles. The Balaban J connectivity index is 1.11. The summed E-state index contributed by atoms with van der Waals surface area (Å²) in [4.78, 5) is 15.8. The first-order valence-electron chi connectivity index (χ1n) is 23.9. The number of furan rings is 2. The molecule has 0 aliphatic heterocycles. The van der Waals surface area contributed by atoms with Gasteiger partial charge in [0.1, 0.15) is 22.3 Å². The number of fused-ring (bicyclic) bond motifs is 14. The standard InChI is InChI=1S/C64H36N6O2/c65-37-40-21-15-29-50(69-48-27-11-7-24-45(48)58-52(69)35-33-43-41-22-9-13-31-54(41)71-60(43)58)56(40)57-47(64-67-62(38-17-3-1-4-18-38)66-63(68-64)39-19-5-2-6-20-39)26-16-30-51(57)70-49-28-12-8-25-46(49)59-53(70)36-34-44-42-23-10-14-32-55(42)72-61(44)59/h1-36H. The fourth-order valence-corrected chi connectivity index (χ4v) is 11.2. The molecular weight excluding hydrogens is 885 g/mol. The van der Waals surface area contributed by atoms with Crippen molar-refractivity contribution < 1.29 is 8.83 Å². The lowest BCUT2D eigenvalue weighted by Gasteiger charge is -2.22. The number of hydrogen-bond acceptors (Lipinski definition) is 6. The Kier molecular flexibility index (Phi) is 8.55. The molecule has 0 aliphatic rings. The number of hydrogen-bond donors (Lipinski definition) is 0. The number of benzene rings is 10. The minimum Gasteiger partial charge on any atom is -0.455 e. The molecule has 5 heterocycles. The fraction of sp³-hybridized carbons (Fsp3) is 0. The molecule has 0 radical (unpaired) electrons. The van der Waals surface area contributed by atoms with Crippen LogP contribution in [0.1, 0.15) is 5.56 Å². The minimum absolute atomic E-state index is 0.463. The van der Waals surface area contributed by atoms with E-state index >= 15 is 0 Å². The largest absolute Gasteiger partial charge is 0.455 e. The SMILES string of the molecule is N#Cc1cccc(-n2c3ccccc3c3c4oc5ccccc5c4ccc32)c1-c1c(-c2nc(-c3ccccc3)nc(-c3ccccc3)n2)cccc1-n1c2ccccc2c2c3oc4ccccc4c3ccc21. The summed E-state index contributed by atoms with van der Waals surface area (Å²) in [7, 11) is 0. The maximum Gasteiger partial charge on any atom is 0.164 e. The molecule has 0 bridgehead atoms. The highest BCUT2D eigenvalue weighted by Crippen LogP contribution is 2.48. The molecule has 0 N–H and O–H groups in total. The molecule has 0 saturated carbocycles. The van der Waals surface area contributed by atoms with Gasteiger partial charge in [-0.3, -0.25) is 0 Å². The van der Waals surface area contributed by atoms with Crippen molar-refractivity contribution in [1.82, 2.24) is 24.1 Å².